The van der Waals surface area contributed by atoms with Crippen molar-refractivity contribution in [3.8, 4) is 0 Å². The maximum Gasteiger partial charge on any atom is 0.185 e. The summed E-state index contributed by atoms with van der Waals surface area (Å²) in [6.45, 7) is 9.79. The van der Waals surface area contributed by atoms with E-state index >= 15 is 0 Å². The largest absolute Gasteiger partial charge is 0.197 e. The Morgan fingerprint density at radius 3 is 2.69 bits per heavy atom. The molecule has 26 heavy (non-hydrogen) atoms. The summed E-state index contributed by atoms with van der Waals surface area (Å²) < 4.78 is 2.79. The highest BCUT2D eigenvalue weighted by Crippen LogP contribution is 2.83. The SMILES string of the molecule is CSC1=C[N+]2=C(CC1CC(C)C(C)C)C1=C(C=CCC1)C1(C)C2C12CC2. The van der Waals surface area contributed by atoms with E-state index in [-0.39, 0.29) is 0 Å². The Morgan fingerprint density at radius 2 is 2.04 bits per heavy atom. The molecule has 0 saturated heterocycles. The highest BCUT2D eigenvalue weighted by molar-refractivity contribution is 8.02. The average molecular weight is 369 g/mol. The standard InChI is InChI=1S/C24H34NS/c1-15(2)16(3)12-17-13-20-18-8-6-7-9-19(18)23(4)22(24(23)10-11-24)25(20)14-21(17)26-5/h7,9,14-17,22H,6,8,10-13H2,1-5H3/q+1. The van der Waals surface area contributed by atoms with Crippen molar-refractivity contribution < 1.29 is 4.58 Å². The van der Waals surface area contributed by atoms with Crippen LogP contribution in [0.2, 0.25) is 0 Å². The number of fused-ring (bicyclic) bond motifs is 6. The second-order valence-electron chi connectivity index (χ2n) is 10.0. The highest BCUT2D eigenvalue weighted by Gasteiger charge is 2.88. The zero-order valence-electron chi connectivity index (χ0n) is 17.1. The number of hydrogen-bond donors (Lipinski definition) is 0. The monoisotopic (exact) mass is 368 g/mol. The average Bonchev–Trinajstić information content (AvgIpc) is 3.53. The van der Waals surface area contributed by atoms with Crippen molar-refractivity contribution in [3.63, 3.8) is 0 Å². The Morgan fingerprint density at radius 1 is 1.27 bits per heavy atom. The van der Waals surface area contributed by atoms with E-state index in [0.717, 1.165) is 23.8 Å². The molecule has 0 aromatic heterocycles. The topological polar surface area (TPSA) is 3.01 Å². The van der Waals surface area contributed by atoms with Gasteiger partial charge in [0.05, 0.1) is 10.3 Å². The number of allylic oxidation sites excluding steroid dienone is 4. The molecule has 0 radical (unpaired) electrons. The fraction of sp³-hybridized carbons (Fsp3) is 0.708. The molecule has 1 nitrogen and oxygen atoms in total. The zero-order chi connectivity index (χ0) is 18.3. The Bertz CT molecular complexity index is 776. The summed E-state index contributed by atoms with van der Waals surface area (Å²) >= 11 is 2.01. The van der Waals surface area contributed by atoms with Gasteiger partial charge in [0.1, 0.15) is 0 Å². The van der Waals surface area contributed by atoms with E-state index in [1.807, 2.05) is 11.8 Å². The smallest absolute Gasteiger partial charge is 0.185 e. The lowest BCUT2D eigenvalue weighted by atomic mass is 9.77. The molecule has 2 heterocycles. The van der Waals surface area contributed by atoms with Crippen molar-refractivity contribution in [2.24, 2.45) is 28.6 Å². The first kappa shape index (κ1) is 17.3. The van der Waals surface area contributed by atoms with E-state index in [2.05, 4.69) is 56.9 Å². The minimum atomic E-state index is 0.431. The van der Waals surface area contributed by atoms with Gasteiger partial charge in [-0.25, -0.2) is 0 Å². The summed E-state index contributed by atoms with van der Waals surface area (Å²) in [5.74, 6) is 2.31. The third kappa shape index (κ3) is 2.09. The van der Waals surface area contributed by atoms with Crippen LogP contribution < -0.4 is 0 Å². The van der Waals surface area contributed by atoms with Crippen LogP contribution in [0.4, 0.5) is 0 Å². The molecule has 3 aliphatic carbocycles. The molecule has 0 N–H and O–H groups in total. The van der Waals surface area contributed by atoms with E-state index in [1.54, 1.807) is 21.8 Å². The lowest BCUT2D eigenvalue weighted by Gasteiger charge is -2.32. The van der Waals surface area contributed by atoms with Crippen molar-refractivity contribution in [2.75, 3.05) is 6.26 Å². The van der Waals surface area contributed by atoms with Gasteiger partial charge in [0.25, 0.3) is 0 Å². The van der Waals surface area contributed by atoms with Crippen molar-refractivity contribution in [2.45, 2.75) is 72.3 Å². The molecule has 4 atom stereocenters. The molecule has 5 rings (SSSR count). The molecule has 0 bridgehead atoms. The predicted molar refractivity (Wildman–Crippen MR) is 113 cm³/mol. The van der Waals surface area contributed by atoms with Gasteiger partial charge in [-0.05, 0) is 62.7 Å². The van der Waals surface area contributed by atoms with Crippen molar-refractivity contribution in [1.82, 2.24) is 0 Å². The molecule has 0 aromatic rings. The van der Waals surface area contributed by atoms with Gasteiger partial charge in [0.15, 0.2) is 18.0 Å². The van der Waals surface area contributed by atoms with E-state index in [9.17, 15) is 0 Å². The summed E-state index contributed by atoms with van der Waals surface area (Å²) in [6, 6.07) is 0.747. The van der Waals surface area contributed by atoms with Gasteiger partial charge < -0.3 is 0 Å². The number of nitrogens with zero attached hydrogens (tertiary/aromatic N) is 1. The zero-order valence-corrected chi connectivity index (χ0v) is 18.0. The van der Waals surface area contributed by atoms with Crippen molar-refractivity contribution in [3.05, 3.63) is 34.4 Å². The molecule has 0 amide bonds. The molecule has 4 unspecified atom stereocenters. The maximum atomic E-state index is 2.79. The third-order valence-corrected chi connectivity index (χ3v) is 9.53. The van der Waals surface area contributed by atoms with Crippen LogP contribution in [-0.4, -0.2) is 22.6 Å². The summed E-state index contributed by atoms with van der Waals surface area (Å²) in [5.41, 5.74) is 6.20. The molecule has 2 fully saturated rings. The Balaban J connectivity index is 1.56. The van der Waals surface area contributed by atoms with Crippen LogP contribution in [0, 0.1) is 28.6 Å². The van der Waals surface area contributed by atoms with E-state index in [4.69, 9.17) is 0 Å². The van der Waals surface area contributed by atoms with Gasteiger partial charge in [0.2, 0.25) is 0 Å². The first-order valence-electron chi connectivity index (χ1n) is 10.7. The van der Waals surface area contributed by atoms with Crippen molar-refractivity contribution in [1.29, 1.82) is 0 Å². The molecule has 2 saturated carbocycles. The van der Waals surface area contributed by atoms with Crippen LogP contribution in [0.5, 0.6) is 0 Å². The van der Waals surface area contributed by atoms with Gasteiger partial charge in [-0.1, -0.05) is 32.9 Å². The summed E-state index contributed by atoms with van der Waals surface area (Å²) in [6.07, 6.45) is 17.9. The van der Waals surface area contributed by atoms with Crippen LogP contribution in [0.25, 0.3) is 0 Å². The van der Waals surface area contributed by atoms with Gasteiger partial charge in [-0.15, -0.1) is 11.8 Å². The van der Waals surface area contributed by atoms with E-state index in [0.29, 0.717) is 10.8 Å². The molecule has 1 spiro atoms. The van der Waals surface area contributed by atoms with E-state index in [1.165, 1.54) is 38.5 Å². The third-order valence-electron chi connectivity index (χ3n) is 8.62. The quantitative estimate of drug-likeness (QED) is 0.536. The maximum absolute atomic E-state index is 2.79. The predicted octanol–water partition coefficient (Wildman–Crippen LogP) is 6.18. The second kappa shape index (κ2) is 5.63. The highest BCUT2D eigenvalue weighted by atomic mass is 32.2. The molecule has 2 heteroatoms. The minimum absolute atomic E-state index is 0.431. The van der Waals surface area contributed by atoms with Gasteiger partial charge in [0, 0.05) is 23.3 Å². The van der Waals surface area contributed by atoms with Gasteiger partial charge in [-0.2, -0.15) is 4.58 Å². The van der Waals surface area contributed by atoms with Crippen molar-refractivity contribution >= 4 is 17.5 Å². The summed E-state index contributed by atoms with van der Waals surface area (Å²) in [5, 5.41) is 0. The van der Waals surface area contributed by atoms with Crippen LogP contribution in [0.15, 0.2) is 34.4 Å². The fourth-order valence-corrected chi connectivity index (χ4v) is 7.22. The Hall–Kier alpha value is -0.760. The van der Waals surface area contributed by atoms with Crippen LogP contribution >= 0.6 is 11.8 Å². The first-order chi connectivity index (χ1) is 12.4. The van der Waals surface area contributed by atoms with Gasteiger partial charge >= 0.3 is 0 Å². The lowest BCUT2D eigenvalue weighted by Crippen LogP contribution is -2.36. The molecule has 0 aromatic carbocycles. The summed E-state index contributed by atoms with van der Waals surface area (Å²) in [4.78, 5) is 1.64. The summed E-state index contributed by atoms with van der Waals surface area (Å²) in [7, 11) is 0. The lowest BCUT2D eigenvalue weighted by molar-refractivity contribution is -0.488. The Kier molecular flexibility index (Phi) is 3.75. The Labute approximate surface area is 163 Å². The molecule has 140 valence electrons. The number of hydrogen-bond acceptors (Lipinski definition) is 1. The molecule has 2 aliphatic heterocycles. The minimum Gasteiger partial charge on any atom is -0.197 e. The van der Waals surface area contributed by atoms with Crippen LogP contribution in [-0.2, 0) is 0 Å². The molecular formula is C24H34NS+. The van der Waals surface area contributed by atoms with E-state index < -0.39 is 0 Å². The molecular weight excluding hydrogens is 334 g/mol. The fourth-order valence-electron chi connectivity index (χ4n) is 6.49. The second-order valence-corrected chi connectivity index (χ2v) is 10.9. The molecule has 5 aliphatic rings. The van der Waals surface area contributed by atoms with Crippen LogP contribution in [0.1, 0.15) is 66.2 Å². The number of thioether (sulfide) groups is 1. The first-order valence-corrected chi connectivity index (χ1v) is 12.0. The normalized spacial score (nSPS) is 37.4. The van der Waals surface area contributed by atoms with Gasteiger partial charge in [-0.3, -0.25) is 0 Å². The van der Waals surface area contributed by atoms with Crippen LogP contribution in [0.3, 0.4) is 0 Å². The number of rotatable bonds is 4.